The monoisotopic (exact) mass is 262 g/mol. The fourth-order valence-electron chi connectivity index (χ4n) is 2.94. The predicted octanol–water partition coefficient (Wildman–Crippen LogP) is 3.38. The lowest BCUT2D eigenvalue weighted by molar-refractivity contribution is 0.416. The first-order valence-corrected chi connectivity index (χ1v) is 7.60. The molecule has 0 radical (unpaired) electrons. The van der Waals surface area contributed by atoms with E-state index in [2.05, 4.69) is 36.0 Å². The van der Waals surface area contributed by atoms with Gasteiger partial charge in [0.2, 0.25) is 5.95 Å². The topological polar surface area (TPSA) is 41.1 Å². The van der Waals surface area contributed by atoms with Crippen molar-refractivity contribution in [2.45, 2.75) is 58.9 Å². The van der Waals surface area contributed by atoms with E-state index < -0.39 is 0 Å². The van der Waals surface area contributed by atoms with Crippen LogP contribution in [0.1, 0.15) is 51.5 Å². The van der Waals surface area contributed by atoms with E-state index in [1.807, 2.05) is 6.20 Å². The minimum absolute atomic E-state index is 0.654. The van der Waals surface area contributed by atoms with Gasteiger partial charge in [-0.2, -0.15) is 4.98 Å². The minimum Gasteiger partial charge on any atom is -0.354 e. The van der Waals surface area contributed by atoms with Gasteiger partial charge in [0, 0.05) is 30.9 Å². The van der Waals surface area contributed by atoms with Crippen LogP contribution in [-0.4, -0.2) is 29.1 Å². The first-order valence-electron chi connectivity index (χ1n) is 7.60. The summed E-state index contributed by atoms with van der Waals surface area (Å²) >= 11 is 0. The Morgan fingerprint density at radius 3 is 2.63 bits per heavy atom. The molecule has 1 saturated carbocycles. The molecule has 2 rings (SSSR count). The van der Waals surface area contributed by atoms with E-state index in [0.29, 0.717) is 6.04 Å². The molecule has 0 aliphatic heterocycles. The third-order valence-electron chi connectivity index (χ3n) is 3.91. The molecular formula is C15H26N4. The van der Waals surface area contributed by atoms with Crippen molar-refractivity contribution >= 4 is 11.8 Å². The maximum atomic E-state index is 4.71. The van der Waals surface area contributed by atoms with Crippen LogP contribution >= 0.6 is 0 Å². The zero-order valence-corrected chi connectivity index (χ0v) is 12.4. The number of rotatable bonds is 5. The highest BCUT2D eigenvalue weighted by molar-refractivity contribution is 5.49. The summed E-state index contributed by atoms with van der Waals surface area (Å²) < 4.78 is 0. The molecule has 1 aliphatic rings. The van der Waals surface area contributed by atoms with E-state index in [-0.39, 0.29) is 0 Å². The molecule has 0 unspecified atom stereocenters. The summed E-state index contributed by atoms with van der Waals surface area (Å²) in [5.74, 6) is 1.86. The summed E-state index contributed by atoms with van der Waals surface area (Å²) in [6.07, 6.45) is 8.63. The van der Waals surface area contributed by atoms with Crippen LogP contribution in [0.5, 0.6) is 0 Å². The highest BCUT2D eigenvalue weighted by Gasteiger charge is 2.22. The van der Waals surface area contributed by atoms with E-state index in [1.165, 1.54) is 37.7 Å². The molecule has 0 atom stereocenters. The Kier molecular flexibility index (Phi) is 5.00. The van der Waals surface area contributed by atoms with Gasteiger partial charge in [-0.25, -0.2) is 4.98 Å². The summed E-state index contributed by atoms with van der Waals surface area (Å²) in [6.45, 7) is 8.29. The molecule has 0 aromatic carbocycles. The minimum atomic E-state index is 0.654. The highest BCUT2D eigenvalue weighted by atomic mass is 15.2. The van der Waals surface area contributed by atoms with Gasteiger partial charge in [-0.05, 0) is 33.6 Å². The van der Waals surface area contributed by atoms with E-state index >= 15 is 0 Å². The Morgan fingerprint density at radius 2 is 2.00 bits per heavy atom. The maximum absolute atomic E-state index is 4.71. The smallest absolute Gasteiger partial charge is 0.224 e. The van der Waals surface area contributed by atoms with Crippen LogP contribution in [0.3, 0.4) is 0 Å². The van der Waals surface area contributed by atoms with Crippen molar-refractivity contribution in [2.75, 3.05) is 23.3 Å². The molecule has 4 heteroatoms. The van der Waals surface area contributed by atoms with Crippen molar-refractivity contribution in [3.05, 3.63) is 11.8 Å². The maximum Gasteiger partial charge on any atom is 0.224 e. The number of hydrogen-bond acceptors (Lipinski definition) is 4. The number of hydrogen-bond donors (Lipinski definition) is 1. The van der Waals surface area contributed by atoms with Gasteiger partial charge < -0.3 is 10.2 Å². The second-order valence-corrected chi connectivity index (χ2v) is 5.31. The molecule has 1 fully saturated rings. The first-order chi connectivity index (χ1) is 9.26. The summed E-state index contributed by atoms with van der Waals surface area (Å²) in [5.41, 5.74) is 1.18. The Morgan fingerprint density at radius 1 is 1.26 bits per heavy atom. The number of nitrogens with zero attached hydrogens (tertiary/aromatic N) is 3. The van der Waals surface area contributed by atoms with E-state index in [1.54, 1.807) is 0 Å². The summed E-state index contributed by atoms with van der Waals surface area (Å²) in [7, 11) is 0. The lowest BCUT2D eigenvalue weighted by Gasteiger charge is -2.35. The highest BCUT2D eigenvalue weighted by Crippen LogP contribution is 2.28. The van der Waals surface area contributed by atoms with Gasteiger partial charge in [-0.1, -0.05) is 19.3 Å². The van der Waals surface area contributed by atoms with Gasteiger partial charge in [-0.15, -0.1) is 0 Å². The molecule has 1 aromatic heterocycles. The quantitative estimate of drug-likeness (QED) is 0.883. The van der Waals surface area contributed by atoms with Gasteiger partial charge in [0.05, 0.1) is 0 Å². The molecule has 0 spiro atoms. The van der Waals surface area contributed by atoms with Gasteiger partial charge in [0.1, 0.15) is 5.82 Å². The number of anilines is 2. The molecule has 1 heterocycles. The van der Waals surface area contributed by atoms with Gasteiger partial charge in [0.25, 0.3) is 0 Å². The van der Waals surface area contributed by atoms with Gasteiger partial charge in [0.15, 0.2) is 0 Å². The SMILES string of the molecule is CCNc1ncc(C)c(N(CC)C2CCCCC2)n1. The zero-order chi connectivity index (χ0) is 13.7. The number of nitrogens with one attached hydrogen (secondary N) is 1. The second-order valence-electron chi connectivity index (χ2n) is 5.31. The van der Waals surface area contributed by atoms with E-state index in [9.17, 15) is 0 Å². The molecular weight excluding hydrogens is 236 g/mol. The van der Waals surface area contributed by atoms with Crippen LogP contribution in [0.2, 0.25) is 0 Å². The third-order valence-corrected chi connectivity index (χ3v) is 3.91. The standard InChI is InChI=1S/C15H26N4/c1-4-16-15-17-11-12(3)14(18-15)19(5-2)13-9-7-6-8-10-13/h11,13H,4-10H2,1-3H3,(H,16,17,18). The zero-order valence-electron chi connectivity index (χ0n) is 12.4. The molecule has 106 valence electrons. The molecule has 0 bridgehead atoms. The molecule has 1 aromatic rings. The lowest BCUT2D eigenvalue weighted by atomic mass is 9.94. The Bertz CT molecular complexity index is 399. The number of aromatic nitrogens is 2. The molecule has 1 N–H and O–H groups in total. The Hall–Kier alpha value is -1.32. The first kappa shape index (κ1) is 14.1. The van der Waals surface area contributed by atoms with Crippen molar-refractivity contribution in [3.8, 4) is 0 Å². The van der Waals surface area contributed by atoms with Gasteiger partial charge >= 0.3 is 0 Å². The van der Waals surface area contributed by atoms with Crippen LogP contribution in [-0.2, 0) is 0 Å². The predicted molar refractivity (Wildman–Crippen MR) is 80.8 cm³/mol. The van der Waals surface area contributed by atoms with Crippen molar-refractivity contribution in [1.29, 1.82) is 0 Å². The number of aryl methyl sites for hydroxylation is 1. The summed E-state index contributed by atoms with van der Waals surface area (Å²) in [6, 6.07) is 0.654. The van der Waals surface area contributed by atoms with Crippen molar-refractivity contribution in [3.63, 3.8) is 0 Å². The second kappa shape index (κ2) is 6.73. The van der Waals surface area contributed by atoms with Crippen LogP contribution < -0.4 is 10.2 Å². The van der Waals surface area contributed by atoms with Crippen LogP contribution in [0, 0.1) is 6.92 Å². The van der Waals surface area contributed by atoms with E-state index in [0.717, 1.165) is 24.9 Å². The fraction of sp³-hybridized carbons (Fsp3) is 0.733. The molecule has 1 aliphatic carbocycles. The molecule has 19 heavy (non-hydrogen) atoms. The molecule has 4 nitrogen and oxygen atoms in total. The normalized spacial score (nSPS) is 16.4. The largest absolute Gasteiger partial charge is 0.354 e. The van der Waals surface area contributed by atoms with Crippen LogP contribution in [0.4, 0.5) is 11.8 Å². The average Bonchev–Trinajstić information content (AvgIpc) is 2.44. The van der Waals surface area contributed by atoms with Crippen LogP contribution in [0.15, 0.2) is 6.20 Å². The summed E-state index contributed by atoms with van der Waals surface area (Å²) in [4.78, 5) is 11.5. The van der Waals surface area contributed by atoms with Crippen LogP contribution in [0.25, 0.3) is 0 Å². The van der Waals surface area contributed by atoms with Gasteiger partial charge in [-0.3, -0.25) is 0 Å². The third kappa shape index (κ3) is 3.37. The van der Waals surface area contributed by atoms with E-state index in [4.69, 9.17) is 4.98 Å². The Balaban J connectivity index is 2.22. The summed E-state index contributed by atoms with van der Waals surface area (Å²) in [5, 5.41) is 3.21. The average molecular weight is 262 g/mol. The lowest BCUT2D eigenvalue weighted by Crippen LogP contribution is -2.37. The Labute approximate surface area is 116 Å². The van der Waals surface area contributed by atoms with Crippen molar-refractivity contribution in [2.24, 2.45) is 0 Å². The molecule has 0 saturated heterocycles. The van der Waals surface area contributed by atoms with Crippen molar-refractivity contribution in [1.82, 2.24) is 9.97 Å². The molecule has 0 amide bonds. The fourth-order valence-corrected chi connectivity index (χ4v) is 2.94. The van der Waals surface area contributed by atoms with Crippen molar-refractivity contribution < 1.29 is 0 Å².